The minimum Gasteiger partial charge on any atom is -0.481 e. The summed E-state index contributed by atoms with van der Waals surface area (Å²) in [6.07, 6.45) is 3.18. The summed E-state index contributed by atoms with van der Waals surface area (Å²) >= 11 is 3.52. The number of carboxylic acids is 1. The van der Waals surface area contributed by atoms with E-state index in [9.17, 15) is 23.2 Å². The van der Waals surface area contributed by atoms with Crippen molar-refractivity contribution in [2.24, 2.45) is 5.92 Å². The van der Waals surface area contributed by atoms with E-state index in [2.05, 4.69) is 15.9 Å². The normalized spacial score (nSPS) is 22.2. The van der Waals surface area contributed by atoms with Crippen molar-refractivity contribution in [1.82, 2.24) is 4.90 Å². The second-order valence-corrected chi connectivity index (χ2v) is 10.8. The van der Waals surface area contributed by atoms with Gasteiger partial charge in [-0.1, -0.05) is 22.4 Å². The van der Waals surface area contributed by atoms with Gasteiger partial charge in [-0.2, -0.15) is 0 Å². The number of hydrogen-bond donors (Lipinski definition) is 1. The molecule has 1 N–H and O–H groups in total. The molecule has 196 valence electrons. The molecule has 2 aromatic rings. The van der Waals surface area contributed by atoms with Crippen LogP contribution in [0.25, 0.3) is 0 Å². The Bertz CT molecular complexity index is 1240. The zero-order valence-electron chi connectivity index (χ0n) is 20.0. The topological polar surface area (TPSA) is 87.2 Å². The van der Waals surface area contributed by atoms with Gasteiger partial charge in [-0.25, -0.2) is 13.6 Å². The lowest BCUT2D eigenvalue weighted by Crippen LogP contribution is -2.53. The first-order valence-electron chi connectivity index (χ1n) is 12.5. The highest BCUT2D eigenvalue weighted by Crippen LogP contribution is 2.53. The first-order chi connectivity index (χ1) is 17.7. The minimum absolute atomic E-state index is 0.0497. The molecule has 2 aliphatic carbocycles. The molecular weight excluding hydrogens is 550 g/mol. The predicted molar refractivity (Wildman–Crippen MR) is 134 cm³/mol. The number of rotatable bonds is 7. The number of halogens is 3. The molecule has 2 aromatic carbocycles. The van der Waals surface area contributed by atoms with E-state index in [1.54, 1.807) is 4.90 Å². The Hall–Kier alpha value is -3.01. The third kappa shape index (κ3) is 5.21. The number of carbonyl (C=O) groups excluding carboxylic acids is 2. The van der Waals surface area contributed by atoms with E-state index in [0.717, 1.165) is 54.3 Å². The molecule has 0 aromatic heterocycles. The maximum atomic E-state index is 14.1. The summed E-state index contributed by atoms with van der Waals surface area (Å²) in [7, 11) is 0. The molecule has 0 bridgehead atoms. The highest BCUT2D eigenvalue weighted by atomic mass is 79.9. The lowest BCUT2D eigenvalue weighted by Gasteiger charge is -2.47. The average molecular weight is 577 g/mol. The van der Waals surface area contributed by atoms with Crippen molar-refractivity contribution < 1.29 is 33.0 Å². The molecule has 2 saturated carbocycles. The van der Waals surface area contributed by atoms with Gasteiger partial charge in [0.25, 0.3) is 0 Å². The largest absolute Gasteiger partial charge is 0.481 e. The van der Waals surface area contributed by atoms with Crippen molar-refractivity contribution in [3.8, 4) is 0 Å². The molecular formula is C27H27BrF2N2O5. The van der Waals surface area contributed by atoms with Crippen LogP contribution in [0.2, 0.25) is 0 Å². The van der Waals surface area contributed by atoms with Gasteiger partial charge in [-0.15, -0.1) is 0 Å². The number of nitrogens with zero attached hydrogens (tertiary/aromatic N) is 2. The van der Waals surface area contributed by atoms with Crippen LogP contribution in [0.4, 0.5) is 19.3 Å². The third-order valence-electron chi connectivity index (χ3n) is 7.48. The number of fused-ring (bicyclic) bond motifs is 2. The lowest BCUT2D eigenvalue weighted by atomic mass is 9.81. The van der Waals surface area contributed by atoms with Gasteiger partial charge < -0.3 is 14.7 Å². The molecule has 3 atom stereocenters. The van der Waals surface area contributed by atoms with E-state index in [4.69, 9.17) is 9.84 Å². The standard InChI is InChI=1S/C27H27BrF2N2O5/c28-16-5-9-23-20(12-16)26(31(18-7-8-18)24(33)10-11-25(34)35)19-2-1-3-22(19)32(23)27(36)37-14-15-4-6-17(29)13-21(15)30/h4-6,9,12-13,18-19,22,26H,1-3,7-8,10-11,14H2,(H,34,35). The summed E-state index contributed by atoms with van der Waals surface area (Å²) in [6.45, 7) is -0.337. The van der Waals surface area contributed by atoms with Crippen LogP contribution in [0.5, 0.6) is 0 Å². The van der Waals surface area contributed by atoms with Crippen molar-refractivity contribution in [2.75, 3.05) is 4.90 Å². The minimum atomic E-state index is -1.01. The number of benzene rings is 2. The molecule has 0 radical (unpaired) electrons. The zero-order chi connectivity index (χ0) is 26.3. The van der Waals surface area contributed by atoms with E-state index in [1.807, 2.05) is 23.1 Å². The molecule has 2 fully saturated rings. The fourth-order valence-electron chi connectivity index (χ4n) is 5.77. The molecule has 7 nitrogen and oxygen atoms in total. The van der Waals surface area contributed by atoms with E-state index < -0.39 is 23.7 Å². The monoisotopic (exact) mass is 576 g/mol. The smallest absolute Gasteiger partial charge is 0.414 e. The SMILES string of the molecule is O=C(O)CCC(=O)N(C1CC1)C1c2cc(Br)ccc2N(C(=O)OCc2ccc(F)cc2F)C2CCCC21. The van der Waals surface area contributed by atoms with Gasteiger partial charge in [0.05, 0.1) is 18.2 Å². The van der Waals surface area contributed by atoms with Gasteiger partial charge in [0.15, 0.2) is 0 Å². The van der Waals surface area contributed by atoms with Crippen LogP contribution < -0.4 is 4.90 Å². The first kappa shape index (κ1) is 25.6. The Morgan fingerprint density at radius 2 is 1.84 bits per heavy atom. The Labute approximate surface area is 221 Å². The van der Waals surface area contributed by atoms with E-state index in [-0.39, 0.29) is 55.0 Å². The predicted octanol–water partition coefficient (Wildman–Crippen LogP) is 5.95. The first-order valence-corrected chi connectivity index (χ1v) is 13.3. The van der Waals surface area contributed by atoms with Crippen LogP contribution in [0.1, 0.15) is 62.1 Å². The van der Waals surface area contributed by atoms with Crippen LogP contribution in [0, 0.1) is 17.6 Å². The van der Waals surface area contributed by atoms with Crippen molar-refractivity contribution in [3.05, 3.63) is 63.6 Å². The van der Waals surface area contributed by atoms with Crippen LogP contribution in [-0.4, -0.2) is 40.1 Å². The highest BCUT2D eigenvalue weighted by molar-refractivity contribution is 9.10. The summed E-state index contributed by atoms with van der Waals surface area (Å²) in [6, 6.07) is 8.21. The van der Waals surface area contributed by atoms with Gasteiger partial charge >= 0.3 is 12.1 Å². The third-order valence-corrected chi connectivity index (χ3v) is 7.97. The number of carboxylic acid groups (broad SMARTS) is 1. The van der Waals surface area contributed by atoms with Gasteiger partial charge in [0, 0.05) is 46.1 Å². The zero-order valence-corrected chi connectivity index (χ0v) is 21.6. The summed E-state index contributed by atoms with van der Waals surface area (Å²) in [5.41, 5.74) is 1.50. The van der Waals surface area contributed by atoms with Gasteiger partial charge in [0.2, 0.25) is 5.91 Å². The number of aliphatic carboxylic acids is 1. The average Bonchev–Trinajstić information content (AvgIpc) is 3.57. The number of carbonyl (C=O) groups is 3. The summed E-state index contributed by atoms with van der Waals surface area (Å²) < 4.78 is 33.7. The number of amides is 2. The van der Waals surface area contributed by atoms with Crippen LogP contribution in [0.3, 0.4) is 0 Å². The number of anilines is 1. The molecule has 5 rings (SSSR count). The van der Waals surface area contributed by atoms with Crippen LogP contribution in [-0.2, 0) is 20.9 Å². The van der Waals surface area contributed by atoms with Crippen molar-refractivity contribution in [3.63, 3.8) is 0 Å². The van der Waals surface area contributed by atoms with Crippen LogP contribution >= 0.6 is 15.9 Å². The Balaban J connectivity index is 1.47. The number of ether oxygens (including phenoxy) is 1. The van der Waals surface area contributed by atoms with Gasteiger partial charge in [-0.05, 0) is 56.0 Å². The maximum absolute atomic E-state index is 14.1. The molecule has 3 unspecified atom stereocenters. The fraction of sp³-hybridized carbons (Fsp3) is 0.444. The molecule has 1 aliphatic heterocycles. The number of hydrogen-bond acceptors (Lipinski definition) is 4. The summed E-state index contributed by atoms with van der Waals surface area (Å²) in [5.74, 6) is -2.74. The second-order valence-electron chi connectivity index (χ2n) is 9.90. The van der Waals surface area contributed by atoms with Crippen molar-refractivity contribution in [2.45, 2.75) is 69.7 Å². The van der Waals surface area contributed by atoms with Crippen molar-refractivity contribution >= 4 is 39.6 Å². The fourth-order valence-corrected chi connectivity index (χ4v) is 6.15. The van der Waals surface area contributed by atoms with E-state index >= 15 is 0 Å². The molecule has 1 heterocycles. The Morgan fingerprint density at radius 1 is 1.05 bits per heavy atom. The molecule has 2 amide bonds. The van der Waals surface area contributed by atoms with Gasteiger partial charge in [-0.3, -0.25) is 14.5 Å². The van der Waals surface area contributed by atoms with Crippen molar-refractivity contribution in [1.29, 1.82) is 0 Å². The quantitative estimate of drug-likeness (QED) is 0.440. The summed E-state index contributed by atoms with van der Waals surface area (Å²) in [5, 5.41) is 9.14. The molecule has 10 heteroatoms. The Kier molecular flexibility index (Phi) is 7.20. The molecule has 3 aliphatic rings. The Morgan fingerprint density at radius 3 is 2.54 bits per heavy atom. The van der Waals surface area contributed by atoms with Gasteiger partial charge in [0.1, 0.15) is 18.2 Å². The van der Waals surface area contributed by atoms with E-state index in [1.165, 1.54) is 6.07 Å². The molecule has 0 spiro atoms. The maximum Gasteiger partial charge on any atom is 0.414 e. The molecule has 0 saturated heterocycles. The second kappa shape index (κ2) is 10.4. The molecule has 37 heavy (non-hydrogen) atoms. The highest BCUT2D eigenvalue weighted by Gasteiger charge is 2.51. The van der Waals surface area contributed by atoms with Crippen LogP contribution in [0.15, 0.2) is 40.9 Å². The lowest BCUT2D eigenvalue weighted by molar-refractivity contribution is -0.142. The van der Waals surface area contributed by atoms with E-state index in [0.29, 0.717) is 5.69 Å². The summed E-state index contributed by atoms with van der Waals surface area (Å²) in [4.78, 5) is 41.4.